The van der Waals surface area contributed by atoms with Crippen molar-refractivity contribution in [2.75, 3.05) is 17.2 Å². The molecule has 0 aliphatic carbocycles. The maximum atomic E-state index is 12.7. The van der Waals surface area contributed by atoms with Gasteiger partial charge in [-0.2, -0.15) is 0 Å². The van der Waals surface area contributed by atoms with Gasteiger partial charge >= 0.3 is 12.0 Å². The molecule has 2 N–H and O–H groups in total. The van der Waals surface area contributed by atoms with E-state index in [9.17, 15) is 19.7 Å². The fourth-order valence-corrected chi connectivity index (χ4v) is 4.21. The zero-order chi connectivity index (χ0) is 22.5. The Balaban J connectivity index is 1.96. The zero-order valence-electron chi connectivity index (χ0n) is 16.6. The first-order valence-corrected chi connectivity index (χ1v) is 10.4. The van der Waals surface area contributed by atoms with Gasteiger partial charge in [-0.1, -0.05) is 17.7 Å². The molecule has 8 nitrogen and oxygen atoms in total. The molecule has 10 heteroatoms. The summed E-state index contributed by atoms with van der Waals surface area (Å²) >= 11 is 7.15. The highest BCUT2D eigenvalue weighted by molar-refractivity contribution is 7.17. The third-order valence-corrected chi connectivity index (χ3v) is 5.50. The predicted molar refractivity (Wildman–Crippen MR) is 121 cm³/mol. The Morgan fingerprint density at radius 1 is 1.16 bits per heavy atom. The van der Waals surface area contributed by atoms with Gasteiger partial charge in [0, 0.05) is 33.3 Å². The van der Waals surface area contributed by atoms with E-state index in [1.54, 1.807) is 50.2 Å². The van der Waals surface area contributed by atoms with Gasteiger partial charge in [-0.05, 0) is 49.7 Å². The summed E-state index contributed by atoms with van der Waals surface area (Å²) in [5.41, 5.74) is 1.78. The molecule has 0 atom stereocenters. The molecule has 3 aromatic rings. The normalized spacial score (nSPS) is 10.4. The minimum Gasteiger partial charge on any atom is -0.462 e. The van der Waals surface area contributed by atoms with Crippen LogP contribution in [0.1, 0.15) is 22.2 Å². The number of anilines is 2. The van der Waals surface area contributed by atoms with Crippen LogP contribution in [0.5, 0.6) is 0 Å². The van der Waals surface area contributed by atoms with E-state index in [4.69, 9.17) is 16.3 Å². The molecule has 0 spiro atoms. The third-order valence-electron chi connectivity index (χ3n) is 4.24. The Bertz CT molecular complexity index is 1140. The van der Waals surface area contributed by atoms with Gasteiger partial charge in [0.15, 0.2) is 0 Å². The molecular formula is C21H18ClN3O5S. The molecule has 0 aliphatic heterocycles. The molecular weight excluding hydrogens is 442 g/mol. The molecule has 0 unspecified atom stereocenters. The van der Waals surface area contributed by atoms with Gasteiger partial charge < -0.3 is 10.1 Å². The zero-order valence-corrected chi connectivity index (χ0v) is 18.2. The van der Waals surface area contributed by atoms with Gasteiger partial charge in [0.1, 0.15) is 10.6 Å². The van der Waals surface area contributed by atoms with Crippen LogP contribution in [0, 0.1) is 17.0 Å². The van der Waals surface area contributed by atoms with E-state index in [-0.39, 0.29) is 17.9 Å². The molecule has 1 heterocycles. The number of benzene rings is 2. The first-order valence-electron chi connectivity index (χ1n) is 9.19. The van der Waals surface area contributed by atoms with E-state index in [0.717, 1.165) is 4.88 Å². The standard InChI is InChI=1S/C21H18ClN3O5S/c1-3-30-20(26)18-17(13-7-9-16(10-8-13)25(28)29)12(2)31-19(18)24-21(27)23-15-6-4-5-14(22)11-15/h4-11H,3H2,1-2H3,(H2,23,24,27). The van der Waals surface area contributed by atoms with Crippen molar-refractivity contribution in [3.05, 3.63) is 74.1 Å². The number of hydrogen-bond acceptors (Lipinski definition) is 6. The fourth-order valence-electron chi connectivity index (χ4n) is 2.96. The number of rotatable bonds is 6. The molecule has 2 aromatic carbocycles. The number of urea groups is 1. The topological polar surface area (TPSA) is 111 Å². The number of carbonyl (C=O) groups is 2. The summed E-state index contributed by atoms with van der Waals surface area (Å²) in [6.07, 6.45) is 0. The molecule has 0 saturated carbocycles. The van der Waals surface area contributed by atoms with Crippen molar-refractivity contribution < 1.29 is 19.2 Å². The summed E-state index contributed by atoms with van der Waals surface area (Å²) < 4.78 is 5.19. The van der Waals surface area contributed by atoms with Gasteiger partial charge in [-0.15, -0.1) is 11.3 Å². The van der Waals surface area contributed by atoms with E-state index in [2.05, 4.69) is 10.6 Å². The lowest BCUT2D eigenvalue weighted by molar-refractivity contribution is -0.384. The van der Waals surface area contributed by atoms with Crippen molar-refractivity contribution in [1.29, 1.82) is 0 Å². The van der Waals surface area contributed by atoms with Gasteiger partial charge in [0.25, 0.3) is 5.69 Å². The van der Waals surface area contributed by atoms with Crippen LogP contribution in [0.2, 0.25) is 5.02 Å². The minimum atomic E-state index is -0.599. The summed E-state index contributed by atoms with van der Waals surface area (Å²) in [5.74, 6) is -0.599. The van der Waals surface area contributed by atoms with Gasteiger partial charge in [-0.3, -0.25) is 15.4 Å². The van der Waals surface area contributed by atoms with Crippen molar-refractivity contribution >= 4 is 51.3 Å². The highest BCUT2D eigenvalue weighted by atomic mass is 35.5. The molecule has 0 radical (unpaired) electrons. The molecule has 0 saturated heterocycles. The summed E-state index contributed by atoms with van der Waals surface area (Å²) in [6.45, 7) is 3.63. The second-order valence-corrected chi connectivity index (χ2v) is 8.01. The first kappa shape index (κ1) is 22.3. The Morgan fingerprint density at radius 3 is 2.48 bits per heavy atom. The number of non-ortho nitro benzene ring substituents is 1. The number of hydrogen-bond donors (Lipinski definition) is 2. The van der Waals surface area contributed by atoms with Gasteiger partial charge in [0.2, 0.25) is 0 Å². The number of amides is 2. The van der Waals surface area contributed by atoms with Crippen molar-refractivity contribution in [1.82, 2.24) is 0 Å². The second-order valence-electron chi connectivity index (χ2n) is 6.35. The van der Waals surface area contributed by atoms with Crippen molar-refractivity contribution in [3.8, 4) is 11.1 Å². The quantitative estimate of drug-likeness (QED) is 0.262. The van der Waals surface area contributed by atoms with Crippen LogP contribution in [-0.4, -0.2) is 23.5 Å². The Hall–Kier alpha value is -3.43. The lowest BCUT2D eigenvalue weighted by Gasteiger charge is -2.10. The van der Waals surface area contributed by atoms with Crippen LogP contribution in [0.4, 0.5) is 21.2 Å². The summed E-state index contributed by atoms with van der Waals surface area (Å²) in [4.78, 5) is 36.4. The lowest BCUT2D eigenvalue weighted by atomic mass is 10.0. The average Bonchev–Trinajstić information content (AvgIpc) is 3.03. The maximum absolute atomic E-state index is 12.7. The minimum absolute atomic E-state index is 0.0615. The van der Waals surface area contributed by atoms with E-state index in [1.165, 1.54) is 23.5 Å². The number of esters is 1. The van der Waals surface area contributed by atoms with E-state index in [0.29, 0.717) is 26.8 Å². The summed E-state index contributed by atoms with van der Waals surface area (Å²) in [5, 5.41) is 17.1. The first-order chi connectivity index (χ1) is 14.8. The van der Waals surface area contributed by atoms with Crippen LogP contribution < -0.4 is 10.6 Å². The average molecular weight is 460 g/mol. The van der Waals surface area contributed by atoms with E-state index in [1.807, 2.05) is 0 Å². The number of thiophene rings is 1. The summed E-state index contributed by atoms with van der Waals surface area (Å²) in [7, 11) is 0. The highest BCUT2D eigenvalue weighted by Crippen LogP contribution is 2.41. The number of carbonyl (C=O) groups excluding carboxylic acids is 2. The van der Waals surface area contributed by atoms with Crippen LogP contribution in [0.15, 0.2) is 48.5 Å². The van der Waals surface area contributed by atoms with E-state index >= 15 is 0 Å². The van der Waals surface area contributed by atoms with Crippen LogP contribution in [-0.2, 0) is 4.74 Å². The van der Waals surface area contributed by atoms with Crippen molar-refractivity contribution in [2.45, 2.75) is 13.8 Å². The SMILES string of the molecule is CCOC(=O)c1c(NC(=O)Nc2cccc(Cl)c2)sc(C)c1-c1ccc([N+](=O)[O-])cc1. The Kier molecular flexibility index (Phi) is 6.88. The number of halogens is 1. The van der Waals surface area contributed by atoms with Gasteiger partial charge in [-0.25, -0.2) is 9.59 Å². The van der Waals surface area contributed by atoms with Crippen molar-refractivity contribution in [3.63, 3.8) is 0 Å². The molecule has 2 amide bonds. The Morgan fingerprint density at radius 2 is 1.87 bits per heavy atom. The van der Waals surface area contributed by atoms with Crippen LogP contribution in [0.25, 0.3) is 11.1 Å². The smallest absolute Gasteiger partial charge is 0.341 e. The van der Waals surface area contributed by atoms with Crippen LogP contribution in [0.3, 0.4) is 0 Å². The predicted octanol–water partition coefficient (Wildman–Crippen LogP) is 6.11. The number of aryl methyl sites for hydroxylation is 1. The number of nitrogens with zero attached hydrogens (tertiary/aromatic N) is 1. The van der Waals surface area contributed by atoms with Crippen molar-refractivity contribution in [2.24, 2.45) is 0 Å². The monoisotopic (exact) mass is 459 g/mol. The lowest BCUT2D eigenvalue weighted by Crippen LogP contribution is -2.20. The molecule has 160 valence electrons. The van der Waals surface area contributed by atoms with Crippen LogP contribution >= 0.6 is 22.9 Å². The van der Waals surface area contributed by atoms with E-state index < -0.39 is 16.9 Å². The number of nitro groups is 1. The molecule has 0 bridgehead atoms. The number of nitrogens with one attached hydrogen (secondary N) is 2. The molecule has 1 aromatic heterocycles. The highest BCUT2D eigenvalue weighted by Gasteiger charge is 2.26. The number of ether oxygens (including phenoxy) is 1. The van der Waals surface area contributed by atoms with Gasteiger partial charge in [0.05, 0.1) is 11.5 Å². The summed E-state index contributed by atoms with van der Waals surface area (Å²) in [6, 6.07) is 11.9. The molecule has 31 heavy (non-hydrogen) atoms. The molecule has 0 aliphatic rings. The number of nitro benzene ring substituents is 1. The third kappa shape index (κ3) is 5.19. The second kappa shape index (κ2) is 9.59. The Labute approximate surface area is 187 Å². The largest absolute Gasteiger partial charge is 0.462 e. The maximum Gasteiger partial charge on any atom is 0.341 e. The molecule has 3 rings (SSSR count). The fraction of sp³-hybridized carbons (Fsp3) is 0.143. The molecule has 0 fully saturated rings.